The number of carbonyl (C=O) groups is 1. The molecule has 1 aromatic carbocycles. The Kier molecular flexibility index (Phi) is 6.12. The molecule has 0 bridgehead atoms. The fourth-order valence-corrected chi connectivity index (χ4v) is 5.49. The number of carbonyl (C=O) groups excluding carboxylic acids is 1. The van der Waals surface area contributed by atoms with Gasteiger partial charge in [0.15, 0.2) is 11.5 Å². The summed E-state index contributed by atoms with van der Waals surface area (Å²) in [5.74, 6) is 1.93. The number of fused-ring (bicyclic) bond motifs is 1. The van der Waals surface area contributed by atoms with Crippen LogP contribution in [0.3, 0.4) is 0 Å². The van der Waals surface area contributed by atoms with Gasteiger partial charge in [-0.2, -0.15) is 5.10 Å². The molecule has 0 spiro atoms. The van der Waals surface area contributed by atoms with Crippen LogP contribution in [-0.4, -0.2) is 51.9 Å². The highest BCUT2D eigenvalue weighted by Crippen LogP contribution is 2.37. The minimum absolute atomic E-state index is 0.00359. The molecular formula is C24H25ClN4O3S. The van der Waals surface area contributed by atoms with E-state index in [2.05, 4.69) is 10.5 Å². The summed E-state index contributed by atoms with van der Waals surface area (Å²) in [6, 6.07) is 5.97. The number of halogens is 1. The lowest BCUT2D eigenvalue weighted by atomic mass is 9.97. The van der Waals surface area contributed by atoms with Crippen molar-refractivity contribution in [3.63, 3.8) is 0 Å². The Bertz CT molecular complexity index is 1210. The van der Waals surface area contributed by atoms with Gasteiger partial charge in [-0.05, 0) is 44.0 Å². The van der Waals surface area contributed by atoms with Gasteiger partial charge in [0.1, 0.15) is 18.4 Å². The fraction of sp³-hybridized carbons (Fsp3) is 0.375. The van der Waals surface area contributed by atoms with E-state index in [1.54, 1.807) is 35.2 Å². The van der Waals surface area contributed by atoms with Crippen LogP contribution < -0.4 is 9.47 Å². The van der Waals surface area contributed by atoms with Crippen LogP contribution in [0.2, 0.25) is 5.15 Å². The SMILES string of the molecule is Cc1nn(C)c(Cl)c1C=CC(=O)N1CCC(c2nc(-c3ccc4c(c3)OCCO4)cs2)CC1. The summed E-state index contributed by atoms with van der Waals surface area (Å²) in [6.45, 7) is 4.47. The molecule has 0 unspecified atom stereocenters. The predicted molar refractivity (Wildman–Crippen MR) is 129 cm³/mol. The molecule has 4 heterocycles. The van der Waals surface area contributed by atoms with Crippen molar-refractivity contribution in [1.82, 2.24) is 19.7 Å². The first-order chi connectivity index (χ1) is 16.0. The molecular weight excluding hydrogens is 460 g/mol. The monoisotopic (exact) mass is 484 g/mol. The van der Waals surface area contributed by atoms with Crippen molar-refractivity contribution in [2.75, 3.05) is 26.3 Å². The third-order valence-corrected chi connectivity index (χ3v) is 7.56. The lowest BCUT2D eigenvalue weighted by Crippen LogP contribution is -2.36. The number of nitrogens with zero attached hydrogens (tertiary/aromatic N) is 4. The van der Waals surface area contributed by atoms with Crippen LogP contribution in [0.4, 0.5) is 0 Å². The van der Waals surface area contributed by atoms with Gasteiger partial charge in [0.2, 0.25) is 5.91 Å². The molecule has 7 nitrogen and oxygen atoms in total. The number of benzene rings is 1. The van der Waals surface area contributed by atoms with Crippen molar-refractivity contribution in [2.45, 2.75) is 25.7 Å². The average Bonchev–Trinajstić information content (AvgIpc) is 3.42. The Morgan fingerprint density at radius 3 is 2.70 bits per heavy atom. The summed E-state index contributed by atoms with van der Waals surface area (Å²) in [7, 11) is 1.79. The predicted octanol–water partition coefficient (Wildman–Crippen LogP) is 4.70. The maximum absolute atomic E-state index is 12.7. The quantitative estimate of drug-likeness (QED) is 0.502. The molecule has 33 heavy (non-hydrogen) atoms. The number of hydrogen-bond donors (Lipinski definition) is 0. The summed E-state index contributed by atoms with van der Waals surface area (Å²) in [5.41, 5.74) is 3.58. The molecule has 2 aliphatic rings. The minimum Gasteiger partial charge on any atom is -0.486 e. The molecule has 172 valence electrons. The van der Waals surface area contributed by atoms with Crippen LogP contribution in [0, 0.1) is 6.92 Å². The number of rotatable bonds is 4. The summed E-state index contributed by atoms with van der Waals surface area (Å²) >= 11 is 7.94. The number of ether oxygens (including phenoxy) is 2. The molecule has 0 aliphatic carbocycles. The molecule has 9 heteroatoms. The fourth-order valence-electron chi connectivity index (χ4n) is 4.25. The van der Waals surface area contributed by atoms with E-state index in [9.17, 15) is 4.79 Å². The van der Waals surface area contributed by atoms with Gasteiger partial charge >= 0.3 is 0 Å². The Labute approximate surface area is 201 Å². The van der Waals surface area contributed by atoms with Gasteiger partial charge in [0.25, 0.3) is 0 Å². The lowest BCUT2D eigenvalue weighted by Gasteiger charge is -2.30. The van der Waals surface area contributed by atoms with Crippen molar-refractivity contribution in [3.05, 3.63) is 51.1 Å². The summed E-state index contributed by atoms with van der Waals surface area (Å²) in [6.07, 6.45) is 5.17. The smallest absolute Gasteiger partial charge is 0.246 e. The maximum Gasteiger partial charge on any atom is 0.246 e. The van der Waals surface area contributed by atoms with Gasteiger partial charge in [-0.3, -0.25) is 9.48 Å². The highest BCUT2D eigenvalue weighted by molar-refractivity contribution is 7.10. The number of aryl methyl sites for hydroxylation is 2. The normalized spacial score (nSPS) is 16.5. The van der Waals surface area contributed by atoms with Gasteiger partial charge in [0.05, 0.1) is 16.4 Å². The van der Waals surface area contributed by atoms with Crippen molar-refractivity contribution in [1.29, 1.82) is 0 Å². The van der Waals surface area contributed by atoms with E-state index < -0.39 is 0 Å². The van der Waals surface area contributed by atoms with Crippen LogP contribution in [0.1, 0.15) is 35.0 Å². The van der Waals surface area contributed by atoms with Gasteiger partial charge in [-0.1, -0.05) is 11.6 Å². The van der Waals surface area contributed by atoms with E-state index in [0.29, 0.717) is 37.4 Å². The number of thiazole rings is 1. The largest absolute Gasteiger partial charge is 0.486 e. The molecule has 2 aromatic heterocycles. The number of aromatic nitrogens is 3. The average molecular weight is 485 g/mol. The molecule has 1 amide bonds. The third kappa shape index (κ3) is 4.50. The molecule has 5 rings (SSSR count). The Hall–Kier alpha value is -2.84. The molecule has 0 atom stereocenters. The lowest BCUT2D eigenvalue weighted by molar-refractivity contribution is -0.126. The second-order valence-electron chi connectivity index (χ2n) is 8.28. The number of likely N-dealkylation sites (tertiary alicyclic amines) is 1. The maximum atomic E-state index is 12.7. The number of piperidine rings is 1. The first-order valence-electron chi connectivity index (χ1n) is 11.0. The van der Waals surface area contributed by atoms with E-state index in [1.807, 2.05) is 30.0 Å². The molecule has 0 saturated carbocycles. The topological polar surface area (TPSA) is 69.5 Å². The van der Waals surface area contributed by atoms with Gasteiger partial charge in [0, 0.05) is 48.6 Å². The Morgan fingerprint density at radius 2 is 1.97 bits per heavy atom. The van der Waals surface area contributed by atoms with Crippen molar-refractivity contribution in [3.8, 4) is 22.8 Å². The van der Waals surface area contributed by atoms with Crippen LogP contribution >= 0.6 is 22.9 Å². The van der Waals surface area contributed by atoms with Crippen molar-refractivity contribution < 1.29 is 14.3 Å². The Balaban J connectivity index is 1.21. The van der Waals surface area contributed by atoms with E-state index in [0.717, 1.165) is 51.9 Å². The second kappa shape index (κ2) is 9.19. The van der Waals surface area contributed by atoms with E-state index >= 15 is 0 Å². The zero-order chi connectivity index (χ0) is 22.9. The molecule has 3 aromatic rings. The van der Waals surface area contributed by atoms with Gasteiger partial charge in [-0.15, -0.1) is 11.3 Å². The van der Waals surface area contributed by atoms with Crippen molar-refractivity contribution in [2.24, 2.45) is 7.05 Å². The molecule has 2 aliphatic heterocycles. The molecule has 0 radical (unpaired) electrons. The second-order valence-corrected chi connectivity index (χ2v) is 9.52. The number of hydrogen-bond acceptors (Lipinski definition) is 6. The minimum atomic E-state index is 0.00359. The zero-order valence-electron chi connectivity index (χ0n) is 18.6. The summed E-state index contributed by atoms with van der Waals surface area (Å²) in [5, 5.41) is 8.04. The summed E-state index contributed by atoms with van der Waals surface area (Å²) in [4.78, 5) is 19.5. The van der Waals surface area contributed by atoms with Crippen LogP contribution in [0.25, 0.3) is 17.3 Å². The van der Waals surface area contributed by atoms with Gasteiger partial charge in [-0.25, -0.2) is 4.98 Å². The first-order valence-corrected chi connectivity index (χ1v) is 12.3. The molecule has 0 N–H and O–H groups in total. The first kappa shape index (κ1) is 22.0. The zero-order valence-corrected chi connectivity index (χ0v) is 20.2. The van der Waals surface area contributed by atoms with Crippen LogP contribution in [0.15, 0.2) is 29.7 Å². The Morgan fingerprint density at radius 1 is 1.21 bits per heavy atom. The third-order valence-electron chi connectivity index (χ3n) is 6.10. The van der Waals surface area contributed by atoms with E-state index in [-0.39, 0.29) is 5.91 Å². The standard InChI is InChI=1S/C24H25ClN4O3S/c1-15-18(23(25)28(2)27-15)4-6-22(30)29-9-7-16(8-10-29)24-26-19(14-33-24)17-3-5-20-21(13-17)32-12-11-31-20/h3-6,13-14,16H,7-12H2,1-2H3. The van der Waals surface area contributed by atoms with Gasteiger partial charge < -0.3 is 14.4 Å². The summed E-state index contributed by atoms with van der Waals surface area (Å²) < 4.78 is 12.9. The number of amides is 1. The van der Waals surface area contributed by atoms with Crippen LogP contribution in [-0.2, 0) is 11.8 Å². The highest BCUT2D eigenvalue weighted by atomic mass is 35.5. The van der Waals surface area contributed by atoms with Crippen LogP contribution in [0.5, 0.6) is 11.5 Å². The van der Waals surface area contributed by atoms with E-state index in [1.165, 1.54) is 0 Å². The molecule has 1 saturated heterocycles. The van der Waals surface area contributed by atoms with E-state index in [4.69, 9.17) is 26.1 Å². The van der Waals surface area contributed by atoms with Crippen molar-refractivity contribution >= 4 is 34.9 Å². The highest BCUT2D eigenvalue weighted by Gasteiger charge is 2.25. The molecule has 1 fully saturated rings.